The van der Waals surface area contributed by atoms with Gasteiger partial charge >= 0.3 is 0 Å². The number of aryl methyl sites for hydroxylation is 3. The van der Waals surface area contributed by atoms with Gasteiger partial charge in [-0.3, -0.25) is 4.79 Å². The number of hydrogen-bond acceptors (Lipinski definition) is 5. The van der Waals surface area contributed by atoms with Crippen molar-refractivity contribution in [1.29, 1.82) is 0 Å². The lowest BCUT2D eigenvalue weighted by atomic mass is 10.2. The summed E-state index contributed by atoms with van der Waals surface area (Å²) < 4.78 is 30.2. The van der Waals surface area contributed by atoms with Gasteiger partial charge in [0.2, 0.25) is 10.0 Å². The second kappa shape index (κ2) is 8.07. The number of nitrogens with one attached hydrogen (secondary N) is 1. The van der Waals surface area contributed by atoms with Crippen molar-refractivity contribution >= 4 is 10.0 Å². The van der Waals surface area contributed by atoms with E-state index in [-0.39, 0.29) is 23.5 Å². The molecule has 0 spiro atoms. The standard InChI is InChI=1S/C19H23N5O3S/c1-4-16-5-7-17(8-6-16)28(26,27)20-11-12-23-19(25)10-9-18(22-23)24-15(3)13-14(2)21-24/h5-10,13,20H,4,11-12H2,1-3H3. The fourth-order valence-corrected chi connectivity index (χ4v) is 3.87. The number of nitrogens with zero attached hydrogens (tertiary/aromatic N) is 4. The van der Waals surface area contributed by atoms with Crippen molar-refractivity contribution in [2.24, 2.45) is 0 Å². The maximum Gasteiger partial charge on any atom is 0.266 e. The fourth-order valence-electron chi connectivity index (χ4n) is 2.85. The lowest BCUT2D eigenvalue weighted by Gasteiger charge is -2.10. The van der Waals surface area contributed by atoms with Crippen molar-refractivity contribution in [3.8, 4) is 5.82 Å². The SMILES string of the molecule is CCc1ccc(S(=O)(=O)NCCn2nc(-n3nc(C)cc3C)ccc2=O)cc1. The number of sulfonamides is 1. The summed E-state index contributed by atoms with van der Waals surface area (Å²) in [5, 5.41) is 8.65. The summed E-state index contributed by atoms with van der Waals surface area (Å²) in [5.74, 6) is 0.503. The monoisotopic (exact) mass is 401 g/mol. The number of hydrogen-bond donors (Lipinski definition) is 1. The summed E-state index contributed by atoms with van der Waals surface area (Å²) in [6.07, 6.45) is 0.841. The molecule has 0 saturated heterocycles. The van der Waals surface area contributed by atoms with Crippen molar-refractivity contribution in [3.05, 3.63) is 69.8 Å². The van der Waals surface area contributed by atoms with Crippen molar-refractivity contribution in [1.82, 2.24) is 24.3 Å². The summed E-state index contributed by atoms with van der Waals surface area (Å²) in [5.41, 5.74) is 2.50. The van der Waals surface area contributed by atoms with Crippen LogP contribution in [0.4, 0.5) is 0 Å². The van der Waals surface area contributed by atoms with Gasteiger partial charge in [0.05, 0.1) is 17.1 Å². The second-order valence-electron chi connectivity index (χ2n) is 6.49. The Balaban J connectivity index is 1.72. The van der Waals surface area contributed by atoms with Crippen LogP contribution in [0.15, 0.2) is 52.2 Å². The summed E-state index contributed by atoms with van der Waals surface area (Å²) in [6.45, 7) is 5.94. The highest BCUT2D eigenvalue weighted by molar-refractivity contribution is 7.89. The van der Waals surface area contributed by atoms with Crippen LogP contribution in [-0.4, -0.2) is 34.5 Å². The van der Waals surface area contributed by atoms with Crippen molar-refractivity contribution < 1.29 is 8.42 Å². The first kappa shape index (κ1) is 20.0. The van der Waals surface area contributed by atoms with E-state index in [1.54, 1.807) is 35.0 Å². The van der Waals surface area contributed by atoms with E-state index in [4.69, 9.17) is 0 Å². The summed E-state index contributed by atoms with van der Waals surface area (Å²) in [4.78, 5) is 12.3. The van der Waals surface area contributed by atoms with Gasteiger partial charge in [-0.05, 0) is 50.1 Å². The molecule has 0 atom stereocenters. The van der Waals surface area contributed by atoms with Crippen LogP contribution < -0.4 is 10.3 Å². The molecule has 0 unspecified atom stereocenters. The van der Waals surface area contributed by atoms with E-state index in [1.807, 2.05) is 26.8 Å². The van der Waals surface area contributed by atoms with Gasteiger partial charge in [0.1, 0.15) is 0 Å². The highest BCUT2D eigenvalue weighted by atomic mass is 32.2. The van der Waals surface area contributed by atoms with Crippen molar-refractivity contribution in [2.75, 3.05) is 6.54 Å². The second-order valence-corrected chi connectivity index (χ2v) is 8.25. The summed E-state index contributed by atoms with van der Waals surface area (Å²) >= 11 is 0. The van der Waals surface area contributed by atoms with Gasteiger partial charge in [-0.15, -0.1) is 5.10 Å². The van der Waals surface area contributed by atoms with Crippen LogP contribution in [0.3, 0.4) is 0 Å². The van der Waals surface area contributed by atoms with Crippen LogP contribution in [0.25, 0.3) is 5.82 Å². The van der Waals surface area contributed by atoms with Crippen LogP contribution in [0, 0.1) is 13.8 Å². The number of benzene rings is 1. The van der Waals surface area contributed by atoms with Gasteiger partial charge in [0.15, 0.2) is 5.82 Å². The molecule has 0 aliphatic rings. The molecule has 2 aromatic heterocycles. The smallest absolute Gasteiger partial charge is 0.266 e. The Hall–Kier alpha value is -2.78. The maximum absolute atomic E-state index is 12.4. The molecule has 0 aliphatic carbocycles. The van der Waals surface area contributed by atoms with E-state index < -0.39 is 10.0 Å². The number of aromatic nitrogens is 4. The third-order valence-corrected chi connectivity index (χ3v) is 5.81. The normalized spacial score (nSPS) is 11.7. The average molecular weight is 401 g/mol. The largest absolute Gasteiger partial charge is 0.268 e. The van der Waals surface area contributed by atoms with Crippen LogP contribution in [0.2, 0.25) is 0 Å². The van der Waals surface area contributed by atoms with E-state index in [0.717, 1.165) is 23.4 Å². The molecule has 0 amide bonds. The summed E-state index contributed by atoms with van der Waals surface area (Å²) in [6, 6.07) is 11.6. The first-order chi connectivity index (χ1) is 13.3. The molecule has 0 saturated carbocycles. The molecule has 28 heavy (non-hydrogen) atoms. The van der Waals surface area contributed by atoms with Crippen LogP contribution >= 0.6 is 0 Å². The van der Waals surface area contributed by atoms with Crippen LogP contribution in [-0.2, 0) is 23.0 Å². The minimum Gasteiger partial charge on any atom is -0.268 e. The minimum absolute atomic E-state index is 0.0470. The van der Waals surface area contributed by atoms with Gasteiger partial charge in [0, 0.05) is 18.3 Å². The highest BCUT2D eigenvalue weighted by Gasteiger charge is 2.14. The van der Waals surface area contributed by atoms with Crippen molar-refractivity contribution in [2.45, 2.75) is 38.6 Å². The van der Waals surface area contributed by atoms with Gasteiger partial charge in [-0.25, -0.2) is 22.5 Å². The van der Waals surface area contributed by atoms with Gasteiger partial charge in [-0.1, -0.05) is 19.1 Å². The van der Waals surface area contributed by atoms with E-state index in [9.17, 15) is 13.2 Å². The third kappa shape index (κ3) is 4.37. The zero-order chi connectivity index (χ0) is 20.3. The van der Waals surface area contributed by atoms with E-state index in [1.165, 1.54) is 10.7 Å². The van der Waals surface area contributed by atoms with E-state index in [0.29, 0.717) is 5.82 Å². The molecule has 1 N–H and O–H groups in total. The highest BCUT2D eigenvalue weighted by Crippen LogP contribution is 2.11. The minimum atomic E-state index is -3.64. The van der Waals surface area contributed by atoms with Crippen LogP contribution in [0.1, 0.15) is 23.9 Å². The first-order valence-corrected chi connectivity index (χ1v) is 10.5. The predicted octanol–water partition coefficient (Wildman–Crippen LogP) is 1.59. The Morgan fingerprint density at radius 3 is 2.36 bits per heavy atom. The summed E-state index contributed by atoms with van der Waals surface area (Å²) in [7, 11) is -3.64. The van der Waals surface area contributed by atoms with Crippen LogP contribution in [0.5, 0.6) is 0 Å². The predicted molar refractivity (Wildman–Crippen MR) is 106 cm³/mol. The lowest BCUT2D eigenvalue weighted by Crippen LogP contribution is -2.32. The van der Waals surface area contributed by atoms with E-state index >= 15 is 0 Å². The first-order valence-electron chi connectivity index (χ1n) is 9.00. The lowest BCUT2D eigenvalue weighted by molar-refractivity contribution is 0.541. The molecule has 3 aromatic rings. The molecule has 0 aliphatic heterocycles. The molecule has 8 nitrogen and oxygen atoms in total. The molecule has 1 aromatic carbocycles. The van der Waals surface area contributed by atoms with Gasteiger partial charge in [-0.2, -0.15) is 5.10 Å². The molecule has 2 heterocycles. The Morgan fingerprint density at radius 1 is 1.04 bits per heavy atom. The van der Waals surface area contributed by atoms with E-state index in [2.05, 4.69) is 14.9 Å². The molecular weight excluding hydrogens is 378 g/mol. The zero-order valence-corrected chi connectivity index (χ0v) is 16.9. The van der Waals surface area contributed by atoms with Gasteiger partial charge in [0.25, 0.3) is 5.56 Å². The van der Waals surface area contributed by atoms with Crippen molar-refractivity contribution in [3.63, 3.8) is 0 Å². The molecule has 0 bridgehead atoms. The molecule has 3 rings (SSSR count). The quantitative estimate of drug-likeness (QED) is 0.648. The fraction of sp³-hybridized carbons (Fsp3) is 0.316. The molecule has 9 heteroatoms. The molecule has 148 valence electrons. The Kier molecular flexibility index (Phi) is 5.76. The zero-order valence-electron chi connectivity index (χ0n) is 16.1. The Labute approximate surface area is 163 Å². The maximum atomic E-state index is 12.4. The Bertz CT molecular complexity index is 1130. The molecule has 0 radical (unpaired) electrons. The molecular formula is C19H23N5O3S. The number of rotatable bonds is 7. The molecule has 0 fully saturated rings. The third-order valence-electron chi connectivity index (χ3n) is 4.34. The topological polar surface area (TPSA) is 98.9 Å². The average Bonchev–Trinajstić information content (AvgIpc) is 3.01. The Morgan fingerprint density at radius 2 is 1.75 bits per heavy atom. The van der Waals surface area contributed by atoms with Gasteiger partial charge < -0.3 is 0 Å².